The van der Waals surface area contributed by atoms with Crippen LogP contribution in [-0.2, 0) is 13.1 Å². The van der Waals surface area contributed by atoms with Gasteiger partial charge in [-0.2, -0.15) is 0 Å². The Morgan fingerprint density at radius 2 is 1.38 bits per heavy atom. The molecule has 1 aromatic heterocycles. The van der Waals surface area contributed by atoms with Gasteiger partial charge in [0.2, 0.25) is 0 Å². The van der Waals surface area contributed by atoms with Crippen LogP contribution in [0.25, 0.3) is 10.8 Å². The number of nitrogens with two attached hydrogens (primary N) is 1. The van der Waals surface area contributed by atoms with Gasteiger partial charge in [0, 0.05) is 48.4 Å². The fourth-order valence-electron chi connectivity index (χ4n) is 3.53. The summed E-state index contributed by atoms with van der Waals surface area (Å²) in [6.45, 7) is 0.847. The Morgan fingerprint density at radius 3 is 1.92 bits per heavy atom. The normalized spacial score (nSPS) is 10.1. The van der Waals surface area contributed by atoms with Crippen LogP contribution in [0.2, 0.25) is 0 Å². The maximum Gasteiger partial charge on any atom is 0.319 e. The Bertz CT molecular complexity index is 1250. The van der Waals surface area contributed by atoms with Crippen molar-refractivity contribution < 1.29 is 23.7 Å². The number of pyridine rings is 1. The number of amides is 2. The van der Waals surface area contributed by atoms with Crippen molar-refractivity contribution in [3.05, 3.63) is 84.2 Å². The van der Waals surface area contributed by atoms with Crippen LogP contribution >= 0.6 is 0 Å². The number of hydrogen-bond donors (Lipinski definition) is 3. The van der Waals surface area contributed by atoms with Crippen molar-refractivity contribution in [2.75, 3.05) is 33.8 Å². The fraction of sp³-hybridized carbons (Fsp3) is 0.214. The molecular formula is C28H32N4O5. The third-order valence-corrected chi connectivity index (χ3v) is 5.44. The molecule has 0 radical (unpaired) electrons. The molecule has 194 valence electrons. The monoisotopic (exact) mass is 504 g/mol. The molecule has 0 atom stereocenters. The lowest BCUT2D eigenvalue weighted by molar-refractivity contribution is 0.251. The number of rotatable bonds is 8. The predicted octanol–water partition coefficient (Wildman–Crippen LogP) is 4.74. The Labute approximate surface area is 216 Å². The van der Waals surface area contributed by atoms with Crippen molar-refractivity contribution in [2.24, 2.45) is 5.73 Å². The molecule has 4 rings (SSSR count). The number of anilines is 1. The van der Waals surface area contributed by atoms with Gasteiger partial charge >= 0.3 is 6.03 Å². The van der Waals surface area contributed by atoms with Crippen molar-refractivity contribution in [3.8, 4) is 23.0 Å². The topological polar surface area (TPSA) is 117 Å². The smallest absolute Gasteiger partial charge is 0.319 e. The van der Waals surface area contributed by atoms with E-state index in [0.29, 0.717) is 24.6 Å². The van der Waals surface area contributed by atoms with Gasteiger partial charge in [-0.1, -0.05) is 12.1 Å². The molecule has 0 fully saturated rings. The van der Waals surface area contributed by atoms with E-state index in [2.05, 4.69) is 15.6 Å². The zero-order chi connectivity index (χ0) is 26.6. The van der Waals surface area contributed by atoms with Crippen LogP contribution in [0, 0.1) is 0 Å². The number of nitrogens with zero attached hydrogens (tertiary/aromatic N) is 1. The summed E-state index contributed by atoms with van der Waals surface area (Å²) in [6, 6.07) is 18.4. The van der Waals surface area contributed by atoms with Crippen molar-refractivity contribution in [1.82, 2.24) is 10.3 Å². The average Bonchev–Trinajstić information content (AvgIpc) is 2.96. The van der Waals surface area contributed by atoms with E-state index in [4.69, 9.17) is 24.7 Å². The van der Waals surface area contributed by atoms with Gasteiger partial charge in [0.05, 0.1) is 34.1 Å². The van der Waals surface area contributed by atoms with E-state index in [-0.39, 0.29) is 6.03 Å². The predicted molar refractivity (Wildman–Crippen MR) is 145 cm³/mol. The lowest BCUT2D eigenvalue weighted by Crippen LogP contribution is -2.28. The number of fused-ring (bicyclic) bond motifs is 1. The average molecular weight is 505 g/mol. The van der Waals surface area contributed by atoms with Crippen LogP contribution < -0.4 is 35.3 Å². The summed E-state index contributed by atoms with van der Waals surface area (Å²) in [5, 5.41) is 7.62. The van der Waals surface area contributed by atoms with Crippen molar-refractivity contribution in [2.45, 2.75) is 13.1 Å². The number of ether oxygens (including phenoxy) is 4. The molecule has 2 amide bonds. The van der Waals surface area contributed by atoms with Crippen molar-refractivity contribution >= 4 is 22.5 Å². The summed E-state index contributed by atoms with van der Waals surface area (Å²) in [4.78, 5) is 16.3. The van der Waals surface area contributed by atoms with Gasteiger partial charge in [0.1, 0.15) is 23.0 Å². The largest absolute Gasteiger partial charge is 0.497 e. The minimum atomic E-state index is -0.286. The van der Waals surface area contributed by atoms with E-state index in [1.807, 2.05) is 54.6 Å². The van der Waals surface area contributed by atoms with Crippen molar-refractivity contribution in [1.29, 1.82) is 0 Å². The van der Waals surface area contributed by atoms with Gasteiger partial charge < -0.3 is 35.3 Å². The second-order valence-electron chi connectivity index (χ2n) is 7.86. The Kier molecular flexibility index (Phi) is 9.92. The highest BCUT2D eigenvalue weighted by Gasteiger charge is 2.07. The van der Waals surface area contributed by atoms with Gasteiger partial charge in [-0.15, -0.1) is 0 Å². The Morgan fingerprint density at radius 1 is 0.811 bits per heavy atom. The highest BCUT2D eigenvalue weighted by Crippen LogP contribution is 2.24. The summed E-state index contributed by atoms with van der Waals surface area (Å²) in [7, 11) is 6.42. The zero-order valence-electron chi connectivity index (χ0n) is 21.4. The molecular weight excluding hydrogens is 472 g/mol. The number of carbonyl (C=O) groups is 1. The highest BCUT2D eigenvalue weighted by molar-refractivity contribution is 6.01. The number of hydrogen-bond acceptors (Lipinski definition) is 7. The number of nitrogens with one attached hydrogen (secondary N) is 2. The summed E-state index contributed by atoms with van der Waals surface area (Å²) >= 11 is 0. The minimum absolute atomic E-state index is 0.286. The molecule has 37 heavy (non-hydrogen) atoms. The second kappa shape index (κ2) is 13.6. The van der Waals surface area contributed by atoms with Gasteiger partial charge in [-0.05, 0) is 47.5 Å². The molecule has 0 unspecified atom stereocenters. The first kappa shape index (κ1) is 27.1. The molecule has 4 N–H and O–H groups in total. The first-order valence-electron chi connectivity index (χ1n) is 11.5. The number of urea groups is 1. The van der Waals surface area contributed by atoms with Crippen LogP contribution in [0.1, 0.15) is 11.1 Å². The zero-order valence-corrected chi connectivity index (χ0v) is 21.4. The minimum Gasteiger partial charge on any atom is -0.497 e. The number of aromatic nitrogens is 1. The molecule has 0 aliphatic carbocycles. The second-order valence-corrected chi connectivity index (χ2v) is 7.86. The van der Waals surface area contributed by atoms with E-state index in [9.17, 15) is 4.79 Å². The van der Waals surface area contributed by atoms with Crippen LogP contribution in [0.4, 0.5) is 10.5 Å². The summed E-state index contributed by atoms with van der Waals surface area (Å²) in [6.07, 6.45) is 3.47. The van der Waals surface area contributed by atoms with Crippen LogP contribution in [0.15, 0.2) is 73.1 Å². The maximum atomic E-state index is 12.2. The van der Waals surface area contributed by atoms with Crippen LogP contribution in [0.5, 0.6) is 23.0 Å². The molecule has 0 bridgehead atoms. The third-order valence-electron chi connectivity index (χ3n) is 5.44. The molecule has 0 saturated heterocycles. The van der Waals surface area contributed by atoms with Gasteiger partial charge in [-0.25, -0.2) is 4.79 Å². The maximum absolute atomic E-state index is 12.2. The molecule has 0 saturated carbocycles. The molecule has 4 aromatic rings. The molecule has 1 heterocycles. The van der Waals surface area contributed by atoms with Gasteiger partial charge in [0.15, 0.2) is 0 Å². The molecule has 3 aromatic carbocycles. The first-order chi connectivity index (χ1) is 18.0. The fourth-order valence-corrected chi connectivity index (χ4v) is 3.53. The van der Waals surface area contributed by atoms with E-state index < -0.39 is 0 Å². The SMILES string of the molecule is COc1cc(CN)cc(OC)c1.COc1cc(CNC(=O)Nc2cccc3cnccc23)cc(OC)c1. The molecule has 9 heteroatoms. The molecule has 9 nitrogen and oxygen atoms in total. The van der Waals surface area contributed by atoms with E-state index >= 15 is 0 Å². The summed E-state index contributed by atoms with van der Waals surface area (Å²) < 4.78 is 20.6. The van der Waals surface area contributed by atoms with Crippen molar-refractivity contribution in [3.63, 3.8) is 0 Å². The summed E-state index contributed by atoms with van der Waals surface area (Å²) in [5.74, 6) is 2.90. The molecule has 0 spiro atoms. The molecule has 0 aliphatic heterocycles. The first-order valence-corrected chi connectivity index (χ1v) is 11.5. The number of methoxy groups -OCH3 is 4. The van der Waals surface area contributed by atoms with E-state index in [1.165, 1.54) is 0 Å². The lowest BCUT2D eigenvalue weighted by atomic mass is 10.1. The van der Waals surface area contributed by atoms with E-state index in [1.54, 1.807) is 46.9 Å². The molecule has 0 aliphatic rings. The highest BCUT2D eigenvalue weighted by atomic mass is 16.5. The summed E-state index contributed by atoms with van der Waals surface area (Å²) in [5.41, 5.74) is 8.11. The van der Waals surface area contributed by atoms with Gasteiger partial charge in [-0.3, -0.25) is 4.98 Å². The van der Waals surface area contributed by atoms with Crippen LogP contribution in [0.3, 0.4) is 0 Å². The van der Waals surface area contributed by atoms with Crippen LogP contribution in [-0.4, -0.2) is 39.5 Å². The third kappa shape index (κ3) is 7.74. The van der Waals surface area contributed by atoms with E-state index in [0.717, 1.165) is 39.1 Å². The Balaban J connectivity index is 0.000000266. The Hall–Kier alpha value is -4.50. The lowest BCUT2D eigenvalue weighted by Gasteiger charge is -2.11. The number of benzene rings is 3. The standard InChI is InChI=1S/C19H19N3O3.C9H13NO2/c1-24-15-8-13(9-16(10-15)25-2)11-21-19(23)22-18-5-3-4-14-12-20-7-6-17(14)18;1-11-8-3-7(6-10)4-9(5-8)12-2/h3-10,12H,11H2,1-2H3,(H2,21,22,23);3-5H,6,10H2,1-2H3. The quantitative estimate of drug-likeness (QED) is 0.317. The van der Waals surface area contributed by atoms with Gasteiger partial charge in [0.25, 0.3) is 0 Å². The number of carbonyl (C=O) groups excluding carboxylic acids is 1.